The van der Waals surface area contributed by atoms with Crippen molar-refractivity contribution in [2.45, 2.75) is 6.42 Å². The number of nitrogens with zero attached hydrogens (tertiary/aromatic N) is 1. The molecule has 0 aliphatic carbocycles. The quantitative estimate of drug-likeness (QED) is 0.801. The first-order valence-electron chi connectivity index (χ1n) is 5.60. The summed E-state index contributed by atoms with van der Waals surface area (Å²) in [6, 6.07) is 10.6. The first-order valence-corrected chi connectivity index (χ1v) is 5.60. The molecule has 2 rings (SSSR count). The number of hydrogen-bond acceptors (Lipinski definition) is 2. The Hall–Kier alpha value is -1.28. The van der Waals surface area contributed by atoms with Crippen molar-refractivity contribution in [1.29, 1.82) is 0 Å². The van der Waals surface area contributed by atoms with Crippen LogP contribution in [0.15, 0.2) is 42.6 Å². The molecule has 0 aromatic heterocycles. The molecule has 80 valence electrons. The molecular weight excluding hydrogens is 184 g/mol. The van der Waals surface area contributed by atoms with Crippen LogP contribution >= 0.6 is 0 Å². The Kier molecular flexibility index (Phi) is 3.80. The van der Waals surface area contributed by atoms with Gasteiger partial charge >= 0.3 is 0 Å². The van der Waals surface area contributed by atoms with Gasteiger partial charge in [0, 0.05) is 26.2 Å². The van der Waals surface area contributed by atoms with Gasteiger partial charge < -0.3 is 10.2 Å². The van der Waals surface area contributed by atoms with E-state index in [1.165, 1.54) is 5.56 Å². The molecule has 1 aromatic rings. The van der Waals surface area contributed by atoms with E-state index in [9.17, 15) is 0 Å². The minimum atomic E-state index is 1.03. The van der Waals surface area contributed by atoms with Crippen molar-refractivity contribution < 1.29 is 0 Å². The normalized spacial score (nSPS) is 17.2. The largest absolute Gasteiger partial charge is 0.375 e. The van der Waals surface area contributed by atoms with E-state index in [0.717, 1.165) is 32.6 Å². The molecule has 1 aliphatic rings. The molecule has 0 atom stereocenters. The van der Waals surface area contributed by atoms with Gasteiger partial charge in [-0.2, -0.15) is 0 Å². The van der Waals surface area contributed by atoms with E-state index in [4.69, 9.17) is 0 Å². The highest BCUT2D eigenvalue weighted by atomic mass is 15.2. The van der Waals surface area contributed by atoms with Crippen LogP contribution in [0.2, 0.25) is 0 Å². The predicted octanol–water partition coefficient (Wildman–Crippen LogP) is 1.65. The van der Waals surface area contributed by atoms with Crippen LogP contribution in [0.4, 0.5) is 0 Å². The maximum Gasteiger partial charge on any atom is 0.0298 e. The number of hydrogen-bond donors (Lipinski definition) is 1. The van der Waals surface area contributed by atoms with Crippen LogP contribution in [0.3, 0.4) is 0 Å². The molecule has 0 saturated carbocycles. The van der Waals surface area contributed by atoms with E-state index in [-0.39, 0.29) is 0 Å². The number of nitrogens with one attached hydrogen (secondary N) is 1. The Morgan fingerprint density at radius 3 is 2.60 bits per heavy atom. The highest BCUT2D eigenvalue weighted by Gasteiger charge is 2.03. The molecular formula is C13H18N2. The second kappa shape index (κ2) is 5.56. The summed E-state index contributed by atoms with van der Waals surface area (Å²) in [5.74, 6) is 0. The molecule has 0 spiro atoms. The standard InChI is InChI=1S/C13H18N2/c1-2-5-13(6-3-1)7-4-10-15-11-8-14-9-12-15/h1-6,10,14H,7-9,11-12H2. The van der Waals surface area contributed by atoms with E-state index in [1.807, 2.05) is 0 Å². The Morgan fingerprint density at radius 1 is 1.13 bits per heavy atom. The summed E-state index contributed by atoms with van der Waals surface area (Å²) in [5.41, 5.74) is 1.38. The second-order valence-electron chi connectivity index (χ2n) is 3.86. The van der Waals surface area contributed by atoms with Gasteiger partial charge in [0.05, 0.1) is 0 Å². The van der Waals surface area contributed by atoms with Gasteiger partial charge in [0.1, 0.15) is 0 Å². The number of benzene rings is 1. The molecule has 2 heteroatoms. The topological polar surface area (TPSA) is 15.3 Å². The Bertz CT molecular complexity index is 300. The van der Waals surface area contributed by atoms with Crippen molar-refractivity contribution >= 4 is 0 Å². The van der Waals surface area contributed by atoms with E-state index < -0.39 is 0 Å². The fourth-order valence-corrected chi connectivity index (χ4v) is 1.78. The third kappa shape index (κ3) is 3.40. The molecule has 2 nitrogen and oxygen atoms in total. The number of rotatable bonds is 3. The number of allylic oxidation sites excluding steroid dienone is 1. The minimum Gasteiger partial charge on any atom is -0.375 e. The molecule has 1 N–H and O–H groups in total. The van der Waals surface area contributed by atoms with E-state index in [2.05, 4.69) is 52.8 Å². The molecule has 0 amide bonds. The van der Waals surface area contributed by atoms with Gasteiger partial charge in [-0.15, -0.1) is 0 Å². The summed E-state index contributed by atoms with van der Waals surface area (Å²) >= 11 is 0. The zero-order valence-electron chi connectivity index (χ0n) is 9.02. The lowest BCUT2D eigenvalue weighted by Crippen LogP contribution is -2.40. The third-order valence-corrected chi connectivity index (χ3v) is 2.66. The fraction of sp³-hybridized carbons (Fsp3) is 0.385. The summed E-state index contributed by atoms with van der Waals surface area (Å²) in [4.78, 5) is 2.37. The molecule has 1 saturated heterocycles. The molecule has 15 heavy (non-hydrogen) atoms. The molecule has 1 aromatic carbocycles. The zero-order valence-corrected chi connectivity index (χ0v) is 9.02. The van der Waals surface area contributed by atoms with E-state index in [1.54, 1.807) is 0 Å². The lowest BCUT2D eigenvalue weighted by molar-refractivity contribution is 0.323. The van der Waals surface area contributed by atoms with Gasteiger partial charge in [-0.3, -0.25) is 0 Å². The average Bonchev–Trinajstić information content (AvgIpc) is 2.32. The second-order valence-corrected chi connectivity index (χ2v) is 3.86. The maximum absolute atomic E-state index is 3.35. The van der Waals surface area contributed by atoms with Crippen LogP contribution in [0.5, 0.6) is 0 Å². The van der Waals surface area contributed by atoms with Crippen LogP contribution in [0, 0.1) is 0 Å². The lowest BCUT2D eigenvalue weighted by Gasteiger charge is -2.25. The monoisotopic (exact) mass is 202 g/mol. The highest BCUT2D eigenvalue weighted by molar-refractivity contribution is 5.17. The van der Waals surface area contributed by atoms with Gasteiger partial charge in [-0.25, -0.2) is 0 Å². The van der Waals surface area contributed by atoms with Gasteiger partial charge in [0.15, 0.2) is 0 Å². The van der Waals surface area contributed by atoms with Gasteiger partial charge in [-0.05, 0) is 18.2 Å². The van der Waals surface area contributed by atoms with Crippen molar-refractivity contribution in [2.24, 2.45) is 0 Å². The van der Waals surface area contributed by atoms with Crippen LogP contribution in [-0.2, 0) is 6.42 Å². The molecule has 1 fully saturated rings. The van der Waals surface area contributed by atoms with Crippen LogP contribution < -0.4 is 5.32 Å². The lowest BCUT2D eigenvalue weighted by atomic mass is 10.1. The van der Waals surface area contributed by atoms with Crippen molar-refractivity contribution in [3.63, 3.8) is 0 Å². The summed E-state index contributed by atoms with van der Waals surface area (Å²) in [6.45, 7) is 4.47. The Labute approximate surface area is 91.6 Å². The maximum atomic E-state index is 3.35. The zero-order chi connectivity index (χ0) is 10.3. The van der Waals surface area contributed by atoms with Crippen molar-refractivity contribution in [3.8, 4) is 0 Å². The van der Waals surface area contributed by atoms with Crippen LogP contribution in [-0.4, -0.2) is 31.1 Å². The van der Waals surface area contributed by atoms with Gasteiger partial charge in [0.25, 0.3) is 0 Å². The average molecular weight is 202 g/mol. The van der Waals surface area contributed by atoms with Gasteiger partial charge in [-0.1, -0.05) is 36.4 Å². The van der Waals surface area contributed by atoms with Gasteiger partial charge in [0.2, 0.25) is 0 Å². The van der Waals surface area contributed by atoms with Crippen molar-refractivity contribution in [2.75, 3.05) is 26.2 Å². The highest BCUT2D eigenvalue weighted by Crippen LogP contribution is 2.01. The molecule has 1 aliphatic heterocycles. The summed E-state index contributed by atoms with van der Waals surface area (Å²) in [7, 11) is 0. The molecule has 0 unspecified atom stereocenters. The van der Waals surface area contributed by atoms with Crippen molar-refractivity contribution in [3.05, 3.63) is 48.2 Å². The Balaban J connectivity index is 1.79. The number of piperazine rings is 1. The summed E-state index contributed by atoms with van der Waals surface area (Å²) < 4.78 is 0. The Morgan fingerprint density at radius 2 is 1.87 bits per heavy atom. The fourth-order valence-electron chi connectivity index (χ4n) is 1.78. The molecule has 1 heterocycles. The predicted molar refractivity (Wildman–Crippen MR) is 63.7 cm³/mol. The SMILES string of the molecule is C(=CN1CCNCC1)Cc1ccccc1. The first-order chi connectivity index (χ1) is 7.45. The van der Waals surface area contributed by atoms with Crippen LogP contribution in [0.1, 0.15) is 5.56 Å². The van der Waals surface area contributed by atoms with Crippen LogP contribution in [0.25, 0.3) is 0 Å². The van der Waals surface area contributed by atoms with E-state index >= 15 is 0 Å². The van der Waals surface area contributed by atoms with Crippen molar-refractivity contribution in [1.82, 2.24) is 10.2 Å². The first kappa shape index (κ1) is 10.2. The summed E-state index contributed by atoms with van der Waals surface area (Å²) in [6.07, 6.45) is 5.51. The molecule has 0 radical (unpaired) electrons. The molecule has 0 bridgehead atoms. The minimum absolute atomic E-state index is 1.03. The smallest absolute Gasteiger partial charge is 0.0298 e. The third-order valence-electron chi connectivity index (χ3n) is 2.66. The van der Waals surface area contributed by atoms with E-state index in [0.29, 0.717) is 0 Å². The summed E-state index contributed by atoms with van der Waals surface area (Å²) in [5, 5.41) is 3.35.